The minimum atomic E-state index is -1.11. The number of rotatable bonds is 3. The molecule has 6 heteroatoms. The molecule has 0 saturated heterocycles. The van der Waals surface area contributed by atoms with Gasteiger partial charge in [0.05, 0.1) is 10.0 Å². The summed E-state index contributed by atoms with van der Waals surface area (Å²) in [7, 11) is 0. The van der Waals surface area contributed by atoms with Gasteiger partial charge in [-0.25, -0.2) is 9.78 Å². The first-order chi connectivity index (χ1) is 8.97. The van der Waals surface area contributed by atoms with Crippen molar-refractivity contribution in [3.63, 3.8) is 0 Å². The van der Waals surface area contributed by atoms with Gasteiger partial charge in [-0.1, -0.05) is 23.2 Å². The maximum Gasteiger partial charge on any atom is 0.341 e. The number of carboxylic acids is 1. The van der Waals surface area contributed by atoms with Crippen LogP contribution in [0.15, 0.2) is 30.3 Å². The summed E-state index contributed by atoms with van der Waals surface area (Å²) in [4.78, 5) is 15.1. The largest absolute Gasteiger partial charge is 0.477 e. The SMILES string of the molecule is Cc1ccc(C(=O)O)c(Oc2ccc(Cl)c(Cl)c2)n1. The zero-order valence-corrected chi connectivity index (χ0v) is 11.4. The fourth-order valence-electron chi connectivity index (χ4n) is 1.43. The molecule has 0 amide bonds. The fourth-order valence-corrected chi connectivity index (χ4v) is 1.71. The van der Waals surface area contributed by atoms with Crippen LogP contribution in [0.1, 0.15) is 16.1 Å². The summed E-state index contributed by atoms with van der Waals surface area (Å²) in [5.41, 5.74) is 0.636. The summed E-state index contributed by atoms with van der Waals surface area (Å²) in [6.07, 6.45) is 0. The van der Waals surface area contributed by atoms with Gasteiger partial charge in [-0.15, -0.1) is 0 Å². The van der Waals surface area contributed by atoms with Gasteiger partial charge in [0, 0.05) is 11.8 Å². The van der Waals surface area contributed by atoms with Gasteiger partial charge >= 0.3 is 5.97 Å². The molecule has 0 spiro atoms. The second-order valence-corrected chi connectivity index (χ2v) is 4.60. The summed E-state index contributed by atoms with van der Waals surface area (Å²) in [6, 6.07) is 7.70. The minimum Gasteiger partial charge on any atom is -0.477 e. The predicted octanol–water partition coefficient (Wildman–Crippen LogP) is 4.19. The van der Waals surface area contributed by atoms with Crippen molar-refractivity contribution < 1.29 is 14.6 Å². The van der Waals surface area contributed by atoms with Gasteiger partial charge in [-0.05, 0) is 31.2 Å². The first-order valence-corrected chi connectivity index (χ1v) is 6.07. The number of hydrogen-bond donors (Lipinski definition) is 1. The fraction of sp³-hybridized carbons (Fsp3) is 0.0769. The van der Waals surface area contributed by atoms with Gasteiger partial charge in [0.25, 0.3) is 0 Å². The molecule has 4 nitrogen and oxygen atoms in total. The predicted molar refractivity (Wildman–Crippen MR) is 72.5 cm³/mol. The lowest BCUT2D eigenvalue weighted by molar-refractivity contribution is 0.0693. The molecule has 98 valence electrons. The molecule has 0 saturated carbocycles. The maximum atomic E-state index is 11.1. The van der Waals surface area contributed by atoms with Crippen LogP contribution in [0.3, 0.4) is 0 Å². The molecule has 0 aliphatic rings. The number of carbonyl (C=O) groups is 1. The number of hydrogen-bond acceptors (Lipinski definition) is 3. The van der Waals surface area contributed by atoms with Crippen LogP contribution in [-0.2, 0) is 0 Å². The first-order valence-electron chi connectivity index (χ1n) is 5.31. The van der Waals surface area contributed by atoms with Gasteiger partial charge in [0.15, 0.2) is 0 Å². The van der Waals surface area contributed by atoms with Gasteiger partial charge in [0.1, 0.15) is 11.3 Å². The number of halogens is 2. The third kappa shape index (κ3) is 3.16. The van der Waals surface area contributed by atoms with Crippen LogP contribution in [-0.4, -0.2) is 16.1 Å². The number of pyridine rings is 1. The average molecular weight is 298 g/mol. The molecule has 0 bridgehead atoms. The Morgan fingerprint density at radius 1 is 1.21 bits per heavy atom. The molecule has 1 heterocycles. The normalized spacial score (nSPS) is 10.3. The number of aromatic carboxylic acids is 1. The third-order valence-corrected chi connectivity index (χ3v) is 3.07. The van der Waals surface area contributed by atoms with E-state index in [1.54, 1.807) is 25.1 Å². The first kappa shape index (κ1) is 13.6. The molecule has 1 N–H and O–H groups in total. The molecule has 0 radical (unpaired) electrons. The zero-order valence-electron chi connectivity index (χ0n) is 9.85. The number of aromatic nitrogens is 1. The van der Waals surface area contributed by atoms with Crippen molar-refractivity contribution in [3.8, 4) is 11.6 Å². The van der Waals surface area contributed by atoms with E-state index < -0.39 is 5.97 Å². The van der Waals surface area contributed by atoms with Crippen LogP contribution in [0.25, 0.3) is 0 Å². The standard InChI is InChI=1S/C13H9Cl2NO3/c1-7-2-4-9(13(17)18)12(16-7)19-8-3-5-10(14)11(15)6-8/h2-6H,1H3,(H,17,18). The smallest absolute Gasteiger partial charge is 0.341 e. The van der Waals surface area contributed by atoms with Crippen molar-refractivity contribution in [2.24, 2.45) is 0 Å². The van der Waals surface area contributed by atoms with Crippen LogP contribution in [0, 0.1) is 6.92 Å². The number of aryl methyl sites for hydroxylation is 1. The molecule has 1 aromatic carbocycles. The Morgan fingerprint density at radius 2 is 1.95 bits per heavy atom. The topological polar surface area (TPSA) is 59.4 Å². The number of nitrogens with zero attached hydrogens (tertiary/aromatic N) is 1. The van der Waals surface area contributed by atoms with Crippen molar-refractivity contribution in [1.29, 1.82) is 0 Å². The number of benzene rings is 1. The zero-order chi connectivity index (χ0) is 14.0. The Balaban J connectivity index is 2.39. The van der Waals surface area contributed by atoms with Crippen molar-refractivity contribution in [1.82, 2.24) is 4.98 Å². The molecule has 0 fully saturated rings. The highest BCUT2D eigenvalue weighted by molar-refractivity contribution is 6.42. The molecule has 1 aromatic heterocycles. The average Bonchev–Trinajstić information content (AvgIpc) is 2.33. The van der Waals surface area contributed by atoms with Crippen LogP contribution in [0.2, 0.25) is 10.0 Å². The molecule has 0 aliphatic carbocycles. The van der Waals surface area contributed by atoms with Gasteiger partial charge in [-0.2, -0.15) is 0 Å². The van der Waals surface area contributed by atoms with Crippen molar-refractivity contribution in [2.75, 3.05) is 0 Å². The highest BCUT2D eigenvalue weighted by Gasteiger charge is 2.14. The second-order valence-electron chi connectivity index (χ2n) is 3.79. The lowest BCUT2D eigenvalue weighted by Crippen LogP contribution is -2.02. The number of ether oxygens (including phenoxy) is 1. The molecule has 0 aliphatic heterocycles. The monoisotopic (exact) mass is 297 g/mol. The summed E-state index contributed by atoms with van der Waals surface area (Å²) in [6.45, 7) is 1.74. The third-order valence-electron chi connectivity index (χ3n) is 2.34. The van der Waals surface area contributed by atoms with E-state index in [0.717, 1.165) is 0 Å². The Morgan fingerprint density at radius 3 is 2.58 bits per heavy atom. The van der Waals surface area contributed by atoms with Crippen LogP contribution in [0.4, 0.5) is 0 Å². The van der Waals surface area contributed by atoms with Gasteiger partial charge in [-0.3, -0.25) is 0 Å². The molecule has 2 aromatic rings. The molecule has 0 unspecified atom stereocenters. The van der Waals surface area contributed by atoms with Gasteiger partial charge < -0.3 is 9.84 Å². The molecule has 0 atom stereocenters. The summed E-state index contributed by atoms with van der Waals surface area (Å²) in [5.74, 6) is -0.719. The van der Waals surface area contributed by atoms with E-state index in [1.807, 2.05) is 0 Å². The molecule has 19 heavy (non-hydrogen) atoms. The van der Waals surface area contributed by atoms with Crippen molar-refractivity contribution in [2.45, 2.75) is 6.92 Å². The highest BCUT2D eigenvalue weighted by atomic mass is 35.5. The van der Waals surface area contributed by atoms with Gasteiger partial charge in [0.2, 0.25) is 5.88 Å². The molecular weight excluding hydrogens is 289 g/mol. The van der Waals surface area contributed by atoms with E-state index >= 15 is 0 Å². The summed E-state index contributed by atoms with van der Waals surface area (Å²) in [5, 5.41) is 9.78. The van der Waals surface area contributed by atoms with Crippen LogP contribution < -0.4 is 4.74 Å². The second kappa shape index (κ2) is 5.47. The highest BCUT2D eigenvalue weighted by Crippen LogP contribution is 2.30. The van der Waals surface area contributed by atoms with E-state index in [9.17, 15) is 4.79 Å². The summed E-state index contributed by atoms with van der Waals surface area (Å²) >= 11 is 11.7. The van der Waals surface area contributed by atoms with Crippen LogP contribution in [0.5, 0.6) is 11.6 Å². The number of carboxylic acid groups (broad SMARTS) is 1. The van der Waals surface area contributed by atoms with E-state index in [0.29, 0.717) is 21.5 Å². The Kier molecular flexibility index (Phi) is 3.93. The van der Waals surface area contributed by atoms with Crippen molar-refractivity contribution in [3.05, 3.63) is 51.6 Å². The quantitative estimate of drug-likeness (QED) is 0.923. The Labute approximate surface area is 119 Å². The Bertz CT molecular complexity index is 644. The molecular formula is C13H9Cl2NO3. The summed E-state index contributed by atoms with van der Waals surface area (Å²) < 4.78 is 5.45. The lowest BCUT2D eigenvalue weighted by atomic mass is 10.2. The van der Waals surface area contributed by atoms with E-state index in [-0.39, 0.29) is 11.4 Å². The van der Waals surface area contributed by atoms with E-state index in [2.05, 4.69) is 4.98 Å². The molecule has 2 rings (SSSR count). The maximum absolute atomic E-state index is 11.1. The Hall–Kier alpha value is -1.78. The van der Waals surface area contributed by atoms with Crippen LogP contribution >= 0.6 is 23.2 Å². The van der Waals surface area contributed by atoms with E-state index in [1.165, 1.54) is 12.1 Å². The van der Waals surface area contributed by atoms with Crippen molar-refractivity contribution >= 4 is 29.2 Å². The lowest BCUT2D eigenvalue weighted by Gasteiger charge is -2.09. The van der Waals surface area contributed by atoms with E-state index in [4.69, 9.17) is 33.0 Å². The minimum absolute atomic E-state index is 0.0170.